The van der Waals surface area contributed by atoms with E-state index in [0.717, 1.165) is 24.5 Å². The summed E-state index contributed by atoms with van der Waals surface area (Å²) in [6, 6.07) is 18.4. The second-order valence-corrected chi connectivity index (χ2v) is 4.88. The van der Waals surface area contributed by atoms with Crippen molar-refractivity contribution in [3.05, 3.63) is 83.9 Å². The van der Waals surface area contributed by atoms with Crippen LogP contribution in [-0.4, -0.2) is 9.55 Å². The fourth-order valence-electron chi connectivity index (χ4n) is 2.25. The number of nitrogens with zero attached hydrogens (tertiary/aromatic N) is 2. The lowest BCUT2D eigenvalue weighted by Crippen LogP contribution is -2.05. The molecule has 1 heterocycles. The third-order valence-corrected chi connectivity index (χ3v) is 3.34. The van der Waals surface area contributed by atoms with Crippen molar-refractivity contribution in [1.82, 2.24) is 9.55 Å². The fourth-order valence-corrected chi connectivity index (χ4v) is 2.25. The average Bonchev–Trinajstić information content (AvgIpc) is 2.90. The minimum absolute atomic E-state index is 0.795. The summed E-state index contributed by atoms with van der Waals surface area (Å²) < 4.78 is 2.18. The first-order valence-corrected chi connectivity index (χ1v) is 6.69. The highest BCUT2D eigenvalue weighted by atomic mass is 15.1. The Labute approximate surface area is 118 Å². The minimum atomic E-state index is 0.795. The maximum Gasteiger partial charge on any atom is 0.113 e. The van der Waals surface area contributed by atoms with Gasteiger partial charge in [0, 0.05) is 31.0 Å². The summed E-state index contributed by atoms with van der Waals surface area (Å²) in [5.74, 6) is 1.08. The van der Waals surface area contributed by atoms with Gasteiger partial charge in [-0.1, -0.05) is 42.5 Å². The zero-order valence-corrected chi connectivity index (χ0v) is 11.2. The first kappa shape index (κ1) is 12.5. The molecule has 0 aliphatic rings. The summed E-state index contributed by atoms with van der Waals surface area (Å²) in [4.78, 5) is 4.46. The van der Waals surface area contributed by atoms with Crippen molar-refractivity contribution in [2.45, 2.75) is 13.0 Å². The van der Waals surface area contributed by atoms with Gasteiger partial charge >= 0.3 is 0 Å². The molecule has 0 unspecified atom stereocenters. The molecule has 3 heteroatoms. The largest absolute Gasteiger partial charge is 0.399 e. The third-order valence-electron chi connectivity index (χ3n) is 3.34. The molecular weight excluding hydrogens is 246 g/mol. The second-order valence-electron chi connectivity index (χ2n) is 4.88. The van der Waals surface area contributed by atoms with Crippen LogP contribution >= 0.6 is 0 Å². The normalized spacial score (nSPS) is 10.6. The Kier molecular flexibility index (Phi) is 3.50. The molecule has 2 N–H and O–H groups in total. The summed E-state index contributed by atoms with van der Waals surface area (Å²) >= 11 is 0. The van der Waals surface area contributed by atoms with Crippen LogP contribution in [0.1, 0.15) is 17.0 Å². The monoisotopic (exact) mass is 263 g/mol. The first-order valence-electron chi connectivity index (χ1n) is 6.69. The lowest BCUT2D eigenvalue weighted by molar-refractivity contribution is 0.740. The van der Waals surface area contributed by atoms with Gasteiger partial charge in [0.1, 0.15) is 5.82 Å². The van der Waals surface area contributed by atoms with Gasteiger partial charge in [-0.25, -0.2) is 4.98 Å². The van der Waals surface area contributed by atoms with E-state index in [9.17, 15) is 0 Å². The zero-order valence-electron chi connectivity index (χ0n) is 11.2. The van der Waals surface area contributed by atoms with Crippen LogP contribution in [0.3, 0.4) is 0 Å². The average molecular weight is 263 g/mol. The molecule has 2 aromatic carbocycles. The molecule has 0 radical (unpaired) electrons. The first-order chi connectivity index (χ1) is 9.81. The Hall–Kier alpha value is -2.55. The highest BCUT2D eigenvalue weighted by Gasteiger charge is 2.04. The van der Waals surface area contributed by atoms with E-state index in [-0.39, 0.29) is 0 Å². The van der Waals surface area contributed by atoms with Gasteiger partial charge in [-0.3, -0.25) is 0 Å². The molecule has 0 fully saturated rings. The molecule has 0 amide bonds. The second kappa shape index (κ2) is 5.61. The lowest BCUT2D eigenvalue weighted by atomic mass is 10.1. The Morgan fingerprint density at radius 2 is 1.65 bits per heavy atom. The maximum absolute atomic E-state index is 5.71. The lowest BCUT2D eigenvalue weighted by Gasteiger charge is -2.08. The van der Waals surface area contributed by atoms with Crippen LogP contribution < -0.4 is 5.73 Å². The van der Waals surface area contributed by atoms with Crippen LogP contribution in [0.25, 0.3) is 0 Å². The van der Waals surface area contributed by atoms with Crippen LogP contribution in [0, 0.1) is 0 Å². The molecule has 0 bridgehead atoms. The molecule has 1 aromatic heterocycles. The maximum atomic E-state index is 5.71. The van der Waals surface area contributed by atoms with Crippen molar-refractivity contribution >= 4 is 5.69 Å². The predicted octanol–water partition coefficient (Wildman–Crippen LogP) is 3.10. The van der Waals surface area contributed by atoms with Gasteiger partial charge in [0.25, 0.3) is 0 Å². The number of aromatic nitrogens is 2. The quantitative estimate of drug-likeness (QED) is 0.735. The number of benzene rings is 2. The van der Waals surface area contributed by atoms with Gasteiger partial charge in [0.15, 0.2) is 0 Å². The van der Waals surface area contributed by atoms with E-state index in [2.05, 4.69) is 45.9 Å². The van der Waals surface area contributed by atoms with Crippen LogP contribution in [0.5, 0.6) is 0 Å². The fraction of sp³-hybridized carbons (Fsp3) is 0.118. The minimum Gasteiger partial charge on any atom is -0.399 e. The van der Waals surface area contributed by atoms with Gasteiger partial charge in [-0.05, 0) is 23.3 Å². The number of nitrogens with two attached hydrogens (primary N) is 1. The Morgan fingerprint density at radius 3 is 2.40 bits per heavy atom. The Bertz CT molecular complexity index is 669. The molecule has 0 atom stereocenters. The predicted molar refractivity (Wildman–Crippen MR) is 81.4 cm³/mol. The van der Waals surface area contributed by atoms with Gasteiger partial charge in [0.2, 0.25) is 0 Å². The van der Waals surface area contributed by atoms with Crippen LogP contribution in [0.15, 0.2) is 67.0 Å². The van der Waals surface area contributed by atoms with E-state index in [1.807, 2.05) is 30.6 Å². The summed E-state index contributed by atoms with van der Waals surface area (Å²) in [6.45, 7) is 0.822. The van der Waals surface area contributed by atoms with Crippen molar-refractivity contribution in [3.8, 4) is 0 Å². The molecule has 0 saturated carbocycles. The van der Waals surface area contributed by atoms with E-state index in [4.69, 9.17) is 5.73 Å². The summed E-state index contributed by atoms with van der Waals surface area (Å²) in [5, 5.41) is 0. The topological polar surface area (TPSA) is 43.8 Å². The molecule has 0 spiro atoms. The van der Waals surface area contributed by atoms with Crippen LogP contribution in [-0.2, 0) is 13.0 Å². The van der Waals surface area contributed by atoms with Crippen LogP contribution in [0.4, 0.5) is 5.69 Å². The zero-order chi connectivity index (χ0) is 13.8. The Balaban J connectivity index is 1.78. The molecule has 3 aromatic rings. The number of anilines is 1. The molecule has 0 aliphatic heterocycles. The summed E-state index contributed by atoms with van der Waals surface area (Å²) in [7, 11) is 0. The van der Waals surface area contributed by atoms with Crippen molar-refractivity contribution in [2.75, 3.05) is 5.73 Å². The van der Waals surface area contributed by atoms with Crippen molar-refractivity contribution in [3.63, 3.8) is 0 Å². The molecule has 0 saturated heterocycles. The van der Waals surface area contributed by atoms with Gasteiger partial charge in [-0.2, -0.15) is 0 Å². The van der Waals surface area contributed by atoms with Gasteiger partial charge < -0.3 is 10.3 Å². The van der Waals surface area contributed by atoms with Crippen molar-refractivity contribution in [1.29, 1.82) is 0 Å². The highest BCUT2D eigenvalue weighted by Crippen LogP contribution is 2.12. The molecule has 100 valence electrons. The van der Waals surface area contributed by atoms with E-state index >= 15 is 0 Å². The van der Waals surface area contributed by atoms with Gasteiger partial charge in [0.05, 0.1) is 0 Å². The van der Waals surface area contributed by atoms with Crippen molar-refractivity contribution in [2.24, 2.45) is 0 Å². The van der Waals surface area contributed by atoms with E-state index in [1.54, 1.807) is 0 Å². The molecule has 3 rings (SSSR count). The van der Waals surface area contributed by atoms with E-state index < -0.39 is 0 Å². The SMILES string of the molecule is Nc1ccc(Cn2ccnc2Cc2ccccc2)cc1. The number of hydrogen-bond donors (Lipinski definition) is 1. The van der Waals surface area contributed by atoms with Gasteiger partial charge in [-0.15, -0.1) is 0 Å². The summed E-state index contributed by atoms with van der Waals surface area (Å²) in [5.41, 5.74) is 9.01. The number of imidazole rings is 1. The molecular formula is C17H17N3. The smallest absolute Gasteiger partial charge is 0.113 e. The van der Waals surface area contributed by atoms with Crippen molar-refractivity contribution < 1.29 is 0 Å². The van der Waals surface area contributed by atoms with E-state index in [1.165, 1.54) is 11.1 Å². The third kappa shape index (κ3) is 2.88. The Morgan fingerprint density at radius 1 is 0.900 bits per heavy atom. The molecule has 0 aliphatic carbocycles. The standard InChI is InChI=1S/C17H17N3/c18-16-8-6-15(7-9-16)13-20-11-10-19-17(20)12-14-4-2-1-3-5-14/h1-11H,12-13,18H2. The molecule has 20 heavy (non-hydrogen) atoms. The number of hydrogen-bond acceptors (Lipinski definition) is 2. The number of rotatable bonds is 4. The van der Waals surface area contributed by atoms with E-state index in [0.29, 0.717) is 0 Å². The highest BCUT2D eigenvalue weighted by molar-refractivity contribution is 5.39. The molecule has 3 nitrogen and oxygen atoms in total. The number of nitrogen functional groups attached to an aromatic ring is 1. The summed E-state index contributed by atoms with van der Waals surface area (Å²) in [6.07, 6.45) is 4.73. The van der Waals surface area contributed by atoms with Crippen LogP contribution in [0.2, 0.25) is 0 Å².